The van der Waals surface area contributed by atoms with Crippen LogP contribution < -0.4 is 5.73 Å². The fourth-order valence-electron chi connectivity index (χ4n) is 7.58. The number of hydrogen-bond acceptors (Lipinski definition) is 4. The Morgan fingerprint density at radius 3 is 2.55 bits per heavy atom. The summed E-state index contributed by atoms with van der Waals surface area (Å²) in [5.74, 6) is 2.13. The van der Waals surface area contributed by atoms with E-state index in [1.165, 1.54) is 19.3 Å². The topological polar surface area (TPSA) is 67.8 Å². The number of oxime groups is 1. The Balaban J connectivity index is 1.64. The second-order valence-corrected chi connectivity index (χ2v) is 12.0. The van der Waals surface area contributed by atoms with Gasteiger partial charge in [-0.25, -0.2) is 0 Å². The van der Waals surface area contributed by atoms with E-state index in [0.29, 0.717) is 12.5 Å². The lowest BCUT2D eigenvalue weighted by atomic mass is 9.45. The Morgan fingerprint density at radius 2 is 1.86 bits per heavy atom. The molecule has 0 saturated heterocycles. The predicted molar refractivity (Wildman–Crippen MR) is 119 cm³/mol. The predicted octanol–water partition coefficient (Wildman–Crippen LogP) is 5.06. The van der Waals surface area contributed by atoms with Gasteiger partial charge in [-0.1, -0.05) is 44.5 Å². The van der Waals surface area contributed by atoms with Gasteiger partial charge in [-0.2, -0.15) is 0 Å². The minimum absolute atomic E-state index is 0.0708. The number of aliphatic hydroxyl groups is 1. The largest absolute Gasteiger partial charge is 0.393 e. The van der Waals surface area contributed by atoms with E-state index in [1.807, 2.05) is 13.8 Å². The van der Waals surface area contributed by atoms with Crippen LogP contribution in [0.25, 0.3) is 0 Å². The molecule has 3 saturated carbocycles. The van der Waals surface area contributed by atoms with Crippen LogP contribution in [-0.4, -0.2) is 29.1 Å². The van der Waals surface area contributed by atoms with Crippen molar-refractivity contribution >= 4 is 5.71 Å². The third kappa shape index (κ3) is 3.12. The molecule has 0 aliphatic heterocycles. The number of rotatable bonds is 3. The van der Waals surface area contributed by atoms with Crippen LogP contribution in [0.5, 0.6) is 0 Å². The first kappa shape index (κ1) is 21.4. The average Bonchev–Trinajstić information content (AvgIpc) is 2.96. The fraction of sp³-hybridized carbons (Fsp3) is 0.880. The summed E-state index contributed by atoms with van der Waals surface area (Å²) >= 11 is 0. The van der Waals surface area contributed by atoms with Gasteiger partial charge in [0.05, 0.1) is 11.8 Å². The fourth-order valence-corrected chi connectivity index (χ4v) is 7.58. The van der Waals surface area contributed by atoms with Crippen molar-refractivity contribution in [1.82, 2.24) is 0 Å². The van der Waals surface area contributed by atoms with Crippen LogP contribution in [0.4, 0.5) is 0 Å². The van der Waals surface area contributed by atoms with Crippen molar-refractivity contribution < 1.29 is 9.94 Å². The van der Waals surface area contributed by atoms with Gasteiger partial charge in [0, 0.05) is 12.0 Å². The maximum absolute atomic E-state index is 10.7. The van der Waals surface area contributed by atoms with Crippen molar-refractivity contribution in [1.29, 1.82) is 0 Å². The smallest absolute Gasteiger partial charge is 0.144 e. The average molecular weight is 403 g/mol. The van der Waals surface area contributed by atoms with Gasteiger partial charge in [-0.3, -0.25) is 0 Å². The van der Waals surface area contributed by atoms with Crippen LogP contribution in [0.15, 0.2) is 16.8 Å². The first-order valence-electron chi connectivity index (χ1n) is 11.8. The van der Waals surface area contributed by atoms with Crippen LogP contribution in [0.1, 0.15) is 86.5 Å². The summed E-state index contributed by atoms with van der Waals surface area (Å²) in [7, 11) is 0. The van der Waals surface area contributed by atoms with E-state index in [-0.39, 0.29) is 22.3 Å². The van der Waals surface area contributed by atoms with E-state index in [9.17, 15) is 5.11 Å². The van der Waals surface area contributed by atoms with Gasteiger partial charge in [-0.15, -0.1) is 0 Å². The molecule has 164 valence electrons. The molecule has 0 radical (unpaired) electrons. The first-order chi connectivity index (χ1) is 13.5. The van der Waals surface area contributed by atoms with Crippen LogP contribution in [-0.2, 0) is 4.84 Å². The zero-order valence-corrected chi connectivity index (χ0v) is 19.4. The molecule has 0 unspecified atom stereocenters. The van der Waals surface area contributed by atoms with Gasteiger partial charge in [0.2, 0.25) is 0 Å². The molecular formula is C25H42N2O2. The van der Waals surface area contributed by atoms with E-state index in [0.717, 1.165) is 43.2 Å². The second kappa shape index (κ2) is 6.82. The van der Waals surface area contributed by atoms with E-state index in [1.54, 1.807) is 5.57 Å². The molecular weight excluding hydrogens is 360 g/mol. The first-order valence-corrected chi connectivity index (χ1v) is 11.8. The third-order valence-electron chi connectivity index (χ3n) is 9.59. The summed E-state index contributed by atoms with van der Waals surface area (Å²) in [5, 5.41) is 15.3. The van der Waals surface area contributed by atoms with Crippen LogP contribution in [0, 0.1) is 34.0 Å². The standard InChI is InChI=1S/C25H42N2O2/c1-22(2,15-26)29-27-20-12-14-24(5)18-11-13-25(6)17(8-10-21(25)28)16(18)7-9-19(24)23(20,3)4/h9,16-18,21,28H,7-8,10-15,26H2,1-6H3/b27-20+/t16-,17-,18-,21-,24+,25-/m0/s1. The number of nitrogens with zero attached hydrogens (tertiary/aromatic N) is 1. The molecule has 0 aromatic rings. The summed E-state index contributed by atoms with van der Waals surface area (Å²) in [4.78, 5) is 5.86. The molecule has 0 aromatic heterocycles. The molecule has 29 heavy (non-hydrogen) atoms. The quantitative estimate of drug-likeness (QED) is 0.512. The van der Waals surface area contributed by atoms with Gasteiger partial charge in [-0.05, 0) is 87.4 Å². The Morgan fingerprint density at radius 1 is 1.14 bits per heavy atom. The summed E-state index contributed by atoms with van der Waals surface area (Å²) in [6.07, 6.45) is 10.4. The molecule has 4 rings (SSSR count). The molecule has 6 atom stereocenters. The zero-order chi connectivity index (χ0) is 21.2. The highest BCUT2D eigenvalue weighted by Gasteiger charge is 2.60. The van der Waals surface area contributed by atoms with Crippen LogP contribution in [0.2, 0.25) is 0 Å². The summed E-state index contributed by atoms with van der Waals surface area (Å²) < 4.78 is 0. The highest BCUT2D eigenvalue weighted by Crippen LogP contribution is 2.66. The van der Waals surface area contributed by atoms with Crippen molar-refractivity contribution in [3.05, 3.63) is 11.6 Å². The van der Waals surface area contributed by atoms with Crippen molar-refractivity contribution in [2.24, 2.45) is 44.9 Å². The second-order valence-electron chi connectivity index (χ2n) is 12.0. The molecule has 4 aliphatic carbocycles. The lowest BCUT2D eigenvalue weighted by Gasteiger charge is -2.60. The molecule has 0 heterocycles. The summed E-state index contributed by atoms with van der Waals surface area (Å²) in [5.41, 5.74) is 8.46. The summed E-state index contributed by atoms with van der Waals surface area (Å²) in [6, 6.07) is 0. The van der Waals surface area contributed by atoms with Gasteiger partial charge < -0.3 is 15.7 Å². The van der Waals surface area contributed by atoms with E-state index < -0.39 is 5.60 Å². The minimum Gasteiger partial charge on any atom is -0.393 e. The van der Waals surface area contributed by atoms with E-state index >= 15 is 0 Å². The normalized spacial score (nSPS) is 45.2. The van der Waals surface area contributed by atoms with Crippen molar-refractivity contribution in [3.63, 3.8) is 0 Å². The number of fused-ring (bicyclic) bond motifs is 5. The number of nitrogens with two attached hydrogens (primary N) is 1. The molecule has 0 amide bonds. The Bertz CT molecular complexity index is 724. The maximum atomic E-state index is 10.7. The van der Waals surface area contributed by atoms with Gasteiger partial charge >= 0.3 is 0 Å². The molecule has 0 bridgehead atoms. The molecule has 4 aliphatic rings. The van der Waals surface area contributed by atoms with Crippen LogP contribution in [0.3, 0.4) is 0 Å². The van der Waals surface area contributed by atoms with Gasteiger partial charge in [0.25, 0.3) is 0 Å². The zero-order valence-electron chi connectivity index (χ0n) is 19.4. The van der Waals surface area contributed by atoms with Crippen LogP contribution >= 0.6 is 0 Å². The Hall–Kier alpha value is -0.870. The van der Waals surface area contributed by atoms with Crippen molar-refractivity contribution in [2.75, 3.05) is 6.54 Å². The monoisotopic (exact) mass is 402 g/mol. The molecule has 4 nitrogen and oxygen atoms in total. The van der Waals surface area contributed by atoms with E-state index in [4.69, 9.17) is 10.6 Å². The molecule has 4 heteroatoms. The Labute approximate surface area is 177 Å². The minimum atomic E-state index is -0.424. The number of allylic oxidation sites excluding steroid dienone is 2. The van der Waals surface area contributed by atoms with Crippen molar-refractivity contribution in [3.8, 4) is 0 Å². The SMILES string of the molecule is CC(C)(CN)O/N=C1\CC[C@@]2(C)C(=CC[C@H]3[C@@H]4CC[C@H](O)[C@@]4(C)CC[C@@H]32)C1(C)C. The molecule has 0 aromatic carbocycles. The van der Waals surface area contributed by atoms with Crippen molar-refractivity contribution in [2.45, 2.75) is 98.2 Å². The molecule has 3 N–H and O–H groups in total. The lowest BCUT2D eigenvalue weighted by Crippen LogP contribution is -2.54. The highest BCUT2D eigenvalue weighted by atomic mass is 16.6. The van der Waals surface area contributed by atoms with E-state index in [2.05, 4.69) is 38.9 Å². The molecule has 3 fully saturated rings. The Kier molecular flexibility index (Phi) is 5.02. The summed E-state index contributed by atoms with van der Waals surface area (Å²) in [6.45, 7) is 14.0. The highest BCUT2D eigenvalue weighted by molar-refractivity contribution is 5.93. The number of aliphatic hydroxyl groups excluding tert-OH is 1. The van der Waals surface area contributed by atoms with Gasteiger partial charge in [0.1, 0.15) is 5.60 Å². The molecule has 0 spiro atoms. The number of hydrogen-bond donors (Lipinski definition) is 2. The lowest BCUT2D eigenvalue weighted by molar-refractivity contribution is -0.0674. The maximum Gasteiger partial charge on any atom is 0.144 e. The van der Waals surface area contributed by atoms with Gasteiger partial charge in [0.15, 0.2) is 0 Å². The third-order valence-corrected chi connectivity index (χ3v) is 9.59.